The Morgan fingerprint density at radius 1 is 0.759 bits per heavy atom. The van der Waals surface area contributed by atoms with Gasteiger partial charge in [0.25, 0.3) is 0 Å². The third-order valence-corrected chi connectivity index (χ3v) is 4.50. The molecule has 3 rings (SSSR count). The Labute approximate surface area is 173 Å². The van der Waals surface area contributed by atoms with Crippen molar-refractivity contribution in [2.24, 2.45) is 0 Å². The molecule has 6 heteroatoms. The first-order valence-electron chi connectivity index (χ1n) is 9.85. The van der Waals surface area contributed by atoms with Crippen molar-refractivity contribution in [3.05, 3.63) is 48.2 Å². The molecule has 0 saturated carbocycles. The van der Waals surface area contributed by atoms with E-state index in [-0.39, 0.29) is 0 Å². The van der Waals surface area contributed by atoms with Gasteiger partial charge in [0.1, 0.15) is 19.0 Å². The van der Waals surface area contributed by atoms with Gasteiger partial charge in [-0.05, 0) is 64.1 Å². The highest BCUT2D eigenvalue weighted by Gasteiger charge is 2.08. The van der Waals surface area contributed by atoms with Gasteiger partial charge in [-0.2, -0.15) is 4.98 Å². The molecular weight excluding hydrogens is 364 g/mol. The molecule has 0 spiro atoms. The number of likely N-dealkylation sites (N-methyl/N-ethyl adjacent to an activating group) is 2. The number of fused-ring (bicyclic) bond motifs is 1. The SMILES string of the molecule is Cc1cc(OCCN(C)C)nc(-c2ccc3cc(OCCN(C)C)ccc3c2)n1. The quantitative estimate of drug-likeness (QED) is 0.554. The average molecular weight is 395 g/mol. The molecule has 6 nitrogen and oxygen atoms in total. The smallest absolute Gasteiger partial charge is 0.217 e. The van der Waals surface area contributed by atoms with Crippen molar-refractivity contribution in [1.29, 1.82) is 0 Å². The van der Waals surface area contributed by atoms with Crippen LogP contribution in [0.3, 0.4) is 0 Å². The molecule has 0 aliphatic heterocycles. The van der Waals surface area contributed by atoms with E-state index in [0.717, 1.165) is 40.9 Å². The van der Waals surface area contributed by atoms with Crippen LogP contribution in [0, 0.1) is 6.92 Å². The first-order valence-corrected chi connectivity index (χ1v) is 9.85. The Bertz CT molecular complexity index is 957. The number of rotatable bonds is 9. The second-order valence-electron chi connectivity index (χ2n) is 7.70. The maximum Gasteiger partial charge on any atom is 0.217 e. The molecule has 0 atom stereocenters. The minimum atomic E-state index is 0.594. The molecule has 0 aliphatic rings. The Morgan fingerprint density at radius 2 is 1.41 bits per heavy atom. The van der Waals surface area contributed by atoms with Crippen molar-refractivity contribution in [3.63, 3.8) is 0 Å². The van der Waals surface area contributed by atoms with Crippen LogP contribution in [0.2, 0.25) is 0 Å². The molecule has 154 valence electrons. The van der Waals surface area contributed by atoms with Crippen LogP contribution in [0.5, 0.6) is 11.6 Å². The molecule has 1 aromatic heterocycles. The van der Waals surface area contributed by atoms with Crippen molar-refractivity contribution in [3.8, 4) is 23.0 Å². The van der Waals surface area contributed by atoms with E-state index in [4.69, 9.17) is 9.47 Å². The summed E-state index contributed by atoms with van der Waals surface area (Å²) in [5.74, 6) is 2.17. The first-order chi connectivity index (χ1) is 13.9. The van der Waals surface area contributed by atoms with E-state index in [2.05, 4.69) is 44.0 Å². The summed E-state index contributed by atoms with van der Waals surface area (Å²) < 4.78 is 11.6. The van der Waals surface area contributed by atoms with Crippen molar-refractivity contribution in [2.75, 3.05) is 54.5 Å². The second kappa shape index (κ2) is 9.67. The maximum absolute atomic E-state index is 5.84. The van der Waals surface area contributed by atoms with E-state index in [0.29, 0.717) is 24.9 Å². The summed E-state index contributed by atoms with van der Waals surface area (Å²) in [6.07, 6.45) is 0. The number of ether oxygens (including phenoxy) is 2. The lowest BCUT2D eigenvalue weighted by atomic mass is 10.1. The van der Waals surface area contributed by atoms with Gasteiger partial charge in [0, 0.05) is 30.4 Å². The van der Waals surface area contributed by atoms with Crippen LogP contribution in [0.1, 0.15) is 5.69 Å². The molecule has 0 radical (unpaired) electrons. The summed E-state index contributed by atoms with van der Waals surface area (Å²) in [4.78, 5) is 13.4. The fourth-order valence-corrected chi connectivity index (χ4v) is 2.87. The van der Waals surface area contributed by atoms with Crippen LogP contribution < -0.4 is 9.47 Å². The number of nitrogens with zero attached hydrogens (tertiary/aromatic N) is 4. The second-order valence-corrected chi connectivity index (χ2v) is 7.70. The van der Waals surface area contributed by atoms with Crippen molar-refractivity contribution in [1.82, 2.24) is 19.8 Å². The number of hydrogen-bond donors (Lipinski definition) is 0. The van der Waals surface area contributed by atoms with E-state index >= 15 is 0 Å². The normalized spacial score (nSPS) is 11.4. The van der Waals surface area contributed by atoms with E-state index in [9.17, 15) is 0 Å². The predicted molar refractivity (Wildman–Crippen MR) is 118 cm³/mol. The highest BCUT2D eigenvalue weighted by Crippen LogP contribution is 2.26. The summed E-state index contributed by atoms with van der Waals surface area (Å²) >= 11 is 0. The monoisotopic (exact) mass is 394 g/mol. The van der Waals surface area contributed by atoms with Crippen molar-refractivity contribution >= 4 is 10.8 Å². The van der Waals surface area contributed by atoms with Crippen molar-refractivity contribution < 1.29 is 9.47 Å². The predicted octanol–water partition coefficient (Wildman–Crippen LogP) is 3.49. The zero-order chi connectivity index (χ0) is 20.8. The molecule has 1 heterocycles. The van der Waals surface area contributed by atoms with E-state index in [1.165, 1.54) is 0 Å². The largest absolute Gasteiger partial charge is 0.492 e. The van der Waals surface area contributed by atoms with Gasteiger partial charge in [0.15, 0.2) is 5.82 Å². The molecule has 2 aromatic carbocycles. The van der Waals surface area contributed by atoms with E-state index in [1.807, 2.05) is 53.3 Å². The molecule has 0 saturated heterocycles. The van der Waals surface area contributed by atoms with Crippen LogP contribution in [0.25, 0.3) is 22.2 Å². The Hall–Kier alpha value is -2.70. The lowest BCUT2D eigenvalue weighted by Gasteiger charge is -2.12. The van der Waals surface area contributed by atoms with E-state index in [1.54, 1.807) is 0 Å². The summed E-state index contributed by atoms with van der Waals surface area (Å²) in [5.41, 5.74) is 1.86. The van der Waals surface area contributed by atoms with Gasteiger partial charge in [-0.15, -0.1) is 0 Å². The van der Waals surface area contributed by atoms with Gasteiger partial charge < -0.3 is 19.3 Å². The van der Waals surface area contributed by atoms with Gasteiger partial charge in [0.05, 0.1) is 0 Å². The molecular formula is C23H30N4O2. The molecule has 0 amide bonds. The Kier molecular flexibility index (Phi) is 7.01. The van der Waals surface area contributed by atoms with Gasteiger partial charge in [-0.1, -0.05) is 18.2 Å². The fraction of sp³-hybridized carbons (Fsp3) is 0.391. The van der Waals surface area contributed by atoms with Crippen molar-refractivity contribution in [2.45, 2.75) is 6.92 Å². The number of benzene rings is 2. The van der Waals surface area contributed by atoms with Crippen LogP contribution in [-0.4, -0.2) is 74.3 Å². The molecule has 0 aliphatic carbocycles. The standard InChI is InChI=1S/C23H30N4O2/c1-17-14-22(29-13-11-27(4)5)25-23(24-17)20-7-6-19-16-21(9-8-18(19)15-20)28-12-10-26(2)3/h6-9,14-16H,10-13H2,1-5H3. The maximum atomic E-state index is 5.84. The minimum absolute atomic E-state index is 0.594. The number of aryl methyl sites for hydroxylation is 1. The zero-order valence-electron chi connectivity index (χ0n) is 18.0. The molecule has 0 bridgehead atoms. The third kappa shape index (κ3) is 6.14. The highest BCUT2D eigenvalue weighted by molar-refractivity contribution is 5.87. The Morgan fingerprint density at radius 3 is 2.14 bits per heavy atom. The number of hydrogen-bond acceptors (Lipinski definition) is 6. The molecule has 0 fully saturated rings. The van der Waals surface area contributed by atoms with Gasteiger partial charge in [-0.3, -0.25) is 0 Å². The molecule has 0 N–H and O–H groups in total. The molecule has 29 heavy (non-hydrogen) atoms. The lowest BCUT2D eigenvalue weighted by Crippen LogP contribution is -2.19. The topological polar surface area (TPSA) is 50.7 Å². The number of aromatic nitrogens is 2. The van der Waals surface area contributed by atoms with Gasteiger partial charge in [0.2, 0.25) is 5.88 Å². The minimum Gasteiger partial charge on any atom is -0.492 e. The zero-order valence-corrected chi connectivity index (χ0v) is 18.0. The summed E-state index contributed by atoms with van der Waals surface area (Å²) in [7, 11) is 8.12. The van der Waals surface area contributed by atoms with Gasteiger partial charge in [-0.25, -0.2) is 4.98 Å². The molecule has 0 unspecified atom stereocenters. The summed E-state index contributed by atoms with van der Waals surface area (Å²) in [6, 6.07) is 14.3. The first kappa shape index (κ1) is 21.0. The molecule has 3 aromatic rings. The van der Waals surface area contributed by atoms with Gasteiger partial charge >= 0.3 is 0 Å². The van der Waals surface area contributed by atoms with Crippen LogP contribution in [-0.2, 0) is 0 Å². The average Bonchev–Trinajstić information content (AvgIpc) is 2.66. The fourth-order valence-electron chi connectivity index (χ4n) is 2.87. The van der Waals surface area contributed by atoms with E-state index < -0.39 is 0 Å². The highest BCUT2D eigenvalue weighted by atomic mass is 16.5. The Balaban J connectivity index is 1.78. The third-order valence-electron chi connectivity index (χ3n) is 4.50. The lowest BCUT2D eigenvalue weighted by molar-refractivity contribution is 0.253. The summed E-state index contributed by atoms with van der Waals surface area (Å²) in [5, 5.41) is 2.26. The van der Waals surface area contributed by atoms with Crippen LogP contribution >= 0.6 is 0 Å². The van der Waals surface area contributed by atoms with Crippen LogP contribution in [0.15, 0.2) is 42.5 Å². The van der Waals surface area contributed by atoms with Crippen LogP contribution in [0.4, 0.5) is 0 Å². The summed E-state index contributed by atoms with van der Waals surface area (Å²) in [6.45, 7) is 4.96.